The van der Waals surface area contributed by atoms with Gasteiger partial charge in [0.05, 0.1) is 17.1 Å². The highest BCUT2D eigenvalue weighted by molar-refractivity contribution is 5.96. The lowest BCUT2D eigenvalue weighted by molar-refractivity contribution is -0.133. The number of hydrogen-bond donors (Lipinski definition) is 0. The Bertz CT molecular complexity index is 1570. The molecule has 1 aliphatic carbocycles. The van der Waals surface area contributed by atoms with Gasteiger partial charge in [-0.15, -0.1) is 0 Å². The van der Waals surface area contributed by atoms with Crippen molar-refractivity contribution >= 4 is 22.4 Å². The van der Waals surface area contributed by atoms with E-state index in [1.54, 1.807) is 0 Å². The quantitative estimate of drug-likeness (QED) is 0.325. The number of ketones is 1. The first kappa shape index (κ1) is 21.7. The lowest BCUT2D eigenvalue weighted by Gasteiger charge is -2.49. The minimum Gasteiger partial charge on any atom is -0.360 e. The zero-order valence-electron chi connectivity index (χ0n) is 21.5. The molecule has 4 heteroatoms. The number of fused-ring (bicyclic) bond motifs is 6. The molecular formula is C33H32N2O2. The van der Waals surface area contributed by atoms with Crippen molar-refractivity contribution in [1.82, 2.24) is 4.57 Å². The highest BCUT2D eigenvalue weighted by atomic mass is 16.5. The van der Waals surface area contributed by atoms with Crippen molar-refractivity contribution in [3.63, 3.8) is 0 Å². The van der Waals surface area contributed by atoms with Gasteiger partial charge in [0.1, 0.15) is 6.10 Å². The van der Waals surface area contributed by atoms with E-state index in [1.807, 2.05) is 0 Å². The number of nitrogens with zero attached hydrogens (tertiary/aromatic N) is 2. The van der Waals surface area contributed by atoms with E-state index in [2.05, 4.69) is 102 Å². The number of carbonyl (C=O) groups is 1. The standard InChI is InChI=1S/C33H32N2O2/c1-32-17-7-8-18-33(32)28-24-10-4-6-12-26(24)35(29(28)30(37-33)31(32)36)20-21-13-15-22(16-14-21)27-19-23-9-3-5-11-25(23)34(27)2/h3-6,9-16,19,28-30H,7-8,17-18,20H2,1-2H3/t28-,29+,30+,32+,33-/m1/s1. The Morgan fingerprint density at radius 1 is 0.946 bits per heavy atom. The number of para-hydroxylation sites is 2. The van der Waals surface area contributed by atoms with Crippen molar-refractivity contribution in [3.8, 4) is 11.3 Å². The molecule has 2 bridgehead atoms. The van der Waals surface area contributed by atoms with Crippen LogP contribution in [-0.2, 0) is 23.1 Å². The molecule has 4 aliphatic rings. The first-order valence-corrected chi connectivity index (χ1v) is 13.7. The average molecular weight is 489 g/mol. The number of carbonyl (C=O) groups excluding carboxylic acids is 1. The van der Waals surface area contributed by atoms with Gasteiger partial charge in [-0.25, -0.2) is 0 Å². The summed E-state index contributed by atoms with van der Waals surface area (Å²) >= 11 is 0. The van der Waals surface area contributed by atoms with E-state index in [4.69, 9.17) is 4.74 Å². The van der Waals surface area contributed by atoms with Gasteiger partial charge in [-0.05, 0) is 54.7 Å². The van der Waals surface area contributed by atoms with Crippen LogP contribution in [0.2, 0.25) is 0 Å². The van der Waals surface area contributed by atoms with Crippen LogP contribution in [0.25, 0.3) is 22.2 Å². The van der Waals surface area contributed by atoms with Crippen LogP contribution in [0.5, 0.6) is 0 Å². The molecule has 1 saturated carbocycles. The molecule has 3 aromatic carbocycles. The summed E-state index contributed by atoms with van der Waals surface area (Å²) in [6, 6.07) is 28.7. The molecule has 4 heterocycles. The third kappa shape index (κ3) is 2.64. The fourth-order valence-corrected chi connectivity index (χ4v) is 8.40. The summed E-state index contributed by atoms with van der Waals surface area (Å²) in [5, 5.41) is 1.26. The first-order valence-electron chi connectivity index (χ1n) is 13.7. The summed E-state index contributed by atoms with van der Waals surface area (Å²) < 4.78 is 9.06. The Balaban J connectivity index is 1.15. The van der Waals surface area contributed by atoms with Crippen LogP contribution in [0.1, 0.15) is 49.7 Å². The number of aromatic nitrogens is 1. The summed E-state index contributed by atoms with van der Waals surface area (Å²) in [5.74, 6) is 0.615. The zero-order valence-corrected chi connectivity index (χ0v) is 21.5. The largest absolute Gasteiger partial charge is 0.360 e. The van der Waals surface area contributed by atoms with E-state index in [1.165, 1.54) is 39.0 Å². The highest BCUT2D eigenvalue weighted by Gasteiger charge is 2.77. The fourth-order valence-electron chi connectivity index (χ4n) is 8.40. The van der Waals surface area contributed by atoms with E-state index >= 15 is 0 Å². The van der Waals surface area contributed by atoms with Crippen LogP contribution >= 0.6 is 0 Å². The minimum atomic E-state index is -0.347. The van der Waals surface area contributed by atoms with Gasteiger partial charge in [0, 0.05) is 41.8 Å². The van der Waals surface area contributed by atoms with Crippen LogP contribution in [-0.4, -0.2) is 28.1 Å². The van der Waals surface area contributed by atoms with Gasteiger partial charge in [-0.3, -0.25) is 4.79 Å². The summed E-state index contributed by atoms with van der Waals surface area (Å²) in [6.07, 6.45) is 3.91. The van der Waals surface area contributed by atoms with E-state index in [0.717, 1.165) is 32.2 Å². The molecule has 8 rings (SSSR count). The van der Waals surface area contributed by atoms with Crippen molar-refractivity contribution in [2.75, 3.05) is 4.90 Å². The molecular weight excluding hydrogens is 456 g/mol. The second-order valence-electron chi connectivity index (χ2n) is 11.8. The molecule has 2 saturated heterocycles. The molecule has 37 heavy (non-hydrogen) atoms. The number of aryl methyl sites for hydroxylation is 1. The van der Waals surface area contributed by atoms with Gasteiger partial charge in [-0.2, -0.15) is 0 Å². The van der Waals surface area contributed by atoms with Crippen molar-refractivity contribution < 1.29 is 9.53 Å². The Morgan fingerprint density at radius 2 is 1.70 bits per heavy atom. The van der Waals surface area contributed by atoms with E-state index in [-0.39, 0.29) is 29.1 Å². The maximum Gasteiger partial charge on any atom is 0.172 e. The van der Waals surface area contributed by atoms with Gasteiger partial charge in [-0.1, -0.05) is 73.5 Å². The molecule has 4 aromatic rings. The van der Waals surface area contributed by atoms with Crippen LogP contribution in [0.15, 0.2) is 78.9 Å². The molecule has 3 aliphatic heterocycles. The molecule has 5 atom stereocenters. The topological polar surface area (TPSA) is 34.5 Å². The van der Waals surface area contributed by atoms with Crippen LogP contribution in [0.3, 0.4) is 0 Å². The molecule has 0 radical (unpaired) electrons. The lowest BCUT2D eigenvalue weighted by atomic mass is 9.53. The van der Waals surface area contributed by atoms with Crippen molar-refractivity contribution in [3.05, 3.63) is 90.0 Å². The van der Waals surface area contributed by atoms with Crippen LogP contribution in [0, 0.1) is 5.41 Å². The molecule has 0 amide bonds. The third-order valence-corrected chi connectivity index (χ3v) is 10.2. The smallest absolute Gasteiger partial charge is 0.172 e. The van der Waals surface area contributed by atoms with Gasteiger partial charge >= 0.3 is 0 Å². The van der Waals surface area contributed by atoms with E-state index in [9.17, 15) is 4.79 Å². The lowest BCUT2D eigenvalue weighted by Crippen LogP contribution is -2.59. The molecule has 4 nitrogen and oxygen atoms in total. The Kier molecular flexibility index (Phi) is 4.31. The van der Waals surface area contributed by atoms with Gasteiger partial charge in [0.2, 0.25) is 0 Å². The number of rotatable bonds is 3. The van der Waals surface area contributed by atoms with Crippen LogP contribution in [0.4, 0.5) is 5.69 Å². The number of Topliss-reactive ketones (excluding diaryl/α,β-unsaturated/α-hetero) is 1. The Hall–Kier alpha value is -3.37. The summed E-state index contributed by atoms with van der Waals surface area (Å²) in [7, 11) is 2.14. The molecule has 0 N–H and O–H groups in total. The molecule has 3 fully saturated rings. The monoisotopic (exact) mass is 488 g/mol. The Morgan fingerprint density at radius 3 is 2.54 bits per heavy atom. The van der Waals surface area contributed by atoms with Gasteiger partial charge < -0.3 is 14.2 Å². The van der Waals surface area contributed by atoms with Crippen molar-refractivity contribution in [2.45, 2.75) is 62.8 Å². The van der Waals surface area contributed by atoms with Gasteiger partial charge in [0.25, 0.3) is 0 Å². The fraction of sp³-hybridized carbons (Fsp3) is 0.364. The summed E-state index contributed by atoms with van der Waals surface area (Å²) in [4.78, 5) is 16.2. The number of anilines is 1. The first-order chi connectivity index (χ1) is 18.0. The number of hydrogen-bond acceptors (Lipinski definition) is 3. The van der Waals surface area contributed by atoms with Crippen LogP contribution < -0.4 is 4.90 Å². The summed E-state index contributed by atoms with van der Waals surface area (Å²) in [6.45, 7) is 2.98. The number of ether oxygens (including phenoxy) is 1. The maximum atomic E-state index is 13.8. The second-order valence-corrected chi connectivity index (χ2v) is 11.8. The van der Waals surface area contributed by atoms with E-state index in [0.29, 0.717) is 5.78 Å². The molecule has 1 spiro atoms. The molecule has 0 unspecified atom stereocenters. The SMILES string of the molecule is Cn1c(-c2ccc(CN3c4ccccc4[C@@H]4[C@H]3[C@@H]3O[C@]45CCCC[C@@]5(C)C3=O)cc2)cc2ccccc21. The second kappa shape index (κ2) is 7.35. The third-order valence-electron chi connectivity index (χ3n) is 10.2. The van der Waals surface area contributed by atoms with Crippen molar-refractivity contribution in [1.29, 1.82) is 0 Å². The zero-order chi connectivity index (χ0) is 24.9. The predicted molar refractivity (Wildman–Crippen MR) is 147 cm³/mol. The highest BCUT2D eigenvalue weighted by Crippen LogP contribution is 2.69. The minimum absolute atomic E-state index is 0.0916. The molecule has 1 aromatic heterocycles. The Labute approximate surface area is 217 Å². The number of benzene rings is 3. The van der Waals surface area contributed by atoms with Crippen molar-refractivity contribution in [2.24, 2.45) is 12.5 Å². The molecule has 186 valence electrons. The predicted octanol–water partition coefficient (Wildman–Crippen LogP) is 6.62. The normalized spacial score (nSPS) is 31.6. The maximum absolute atomic E-state index is 13.8. The van der Waals surface area contributed by atoms with Gasteiger partial charge in [0.15, 0.2) is 5.78 Å². The average Bonchev–Trinajstić information content (AvgIpc) is 3.61. The summed E-state index contributed by atoms with van der Waals surface area (Å²) in [5.41, 5.74) is 6.92. The van der Waals surface area contributed by atoms with E-state index < -0.39 is 0 Å².